The van der Waals surface area contributed by atoms with Crippen molar-refractivity contribution in [3.8, 4) is 0 Å². The van der Waals surface area contributed by atoms with E-state index in [0.717, 1.165) is 25.7 Å². The Morgan fingerprint density at radius 3 is 1.24 bits per heavy atom. The zero-order valence-corrected chi connectivity index (χ0v) is 38.0. The number of carbonyl (C=O) groups is 2. The number of aliphatic imine (C=N–C) groups is 1. The number of guanidine groups is 1. The van der Waals surface area contributed by atoms with Crippen LogP contribution in [0, 0.1) is 0 Å². The Hall–Kier alpha value is -1.10. The van der Waals surface area contributed by atoms with Crippen molar-refractivity contribution in [1.82, 2.24) is 4.90 Å². The third kappa shape index (κ3) is 39.5. The fourth-order valence-electron chi connectivity index (χ4n) is 6.80. The Morgan fingerprint density at radius 1 is 0.527 bits per heavy atom. The van der Waals surface area contributed by atoms with E-state index in [0.29, 0.717) is 26.1 Å². The van der Waals surface area contributed by atoms with Crippen LogP contribution in [0.15, 0.2) is 17.1 Å². The van der Waals surface area contributed by atoms with Crippen molar-refractivity contribution in [2.75, 3.05) is 19.6 Å². The summed E-state index contributed by atoms with van der Waals surface area (Å²) >= 11 is 0. The van der Waals surface area contributed by atoms with E-state index in [4.69, 9.17) is 28.7 Å². The van der Waals surface area contributed by atoms with E-state index in [9.17, 15) is 9.59 Å². The second-order valence-corrected chi connectivity index (χ2v) is 15.4. The number of nitrogens with two attached hydrogens (primary N) is 5. The topological polar surface area (TPSA) is 180 Å². The first-order valence-corrected chi connectivity index (χ1v) is 22.0. The van der Waals surface area contributed by atoms with Crippen molar-refractivity contribution in [1.29, 1.82) is 0 Å². The molecule has 12 heteroatoms. The molecule has 0 radical (unpaired) electrons. The summed E-state index contributed by atoms with van der Waals surface area (Å²) in [5.41, 5.74) is 29.5. The molecule has 0 aliphatic carbocycles. The predicted molar refractivity (Wildman–Crippen MR) is 247 cm³/mol. The minimum absolute atomic E-state index is 0. The lowest BCUT2D eigenvalue weighted by molar-refractivity contribution is -0.135. The van der Waals surface area contributed by atoms with Crippen molar-refractivity contribution < 1.29 is 9.59 Å². The van der Waals surface area contributed by atoms with Crippen LogP contribution in [-0.4, -0.2) is 60.3 Å². The average molecular weight is 844 g/mol. The van der Waals surface area contributed by atoms with Crippen molar-refractivity contribution in [3.05, 3.63) is 12.2 Å². The number of halogens is 3. The molecule has 0 fully saturated rings. The van der Waals surface area contributed by atoms with Gasteiger partial charge in [0, 0.05) is 32.1 Å². The Kier molecular flexibility index (Phi) is 50.2. The summed E-state index contributed by atoms with van der Waals surface area (Å²) in [6.45, 7) is 6.19. The molecule has 0 aliphatic heterocycles. The Labute approximate surface area is 358 Å². The molecule has 2 unspecified atom stereocenters. The van der Waals surface area contributed by atoms with E-state index in [2.05, 4.69) is 31.0 Å². The van der Waals surface area contributed by atoms with Crippen LogP contribution in [0.3, 0.4) is 0 Å². The average Bonchev–Trinajstić information content (AvgIpc) is 3.12. The van der Waals surface area contributed by atoms with E-state index in [-0.39, 0.29) is 61.3 Å². The van der Waals surface area contributed by atoms with Crippen molar-refractivity contribution in [3.63, 3.8) is 0 Å². The smallest absolute Gasteiger partial charge is 0.241 e. The van der Waals surface area contributed by atoms with E-state index >= 15 is 0 Å². The first-order chi connectivity index (χ1) is 25.2. The van der Waals surface area contributed by atoms with Gasteiger partial charge in [-0.15, -0.1) is 37.2 Å². The molecule has 0 aliphatic rings. The fourth-order valence-corrected chi connectivity index (χ4v) is 6.80. The third-order valence-electron chi connectivity index (χ3n) is 10.3. The van der Waals surface area contributed by atoms with Gasteiger partial charge in [0.1, 0.15) is 6.04 Å². The van der Waals surface area contributed by atoms with E-state index in [1.54, 1.807) is 0 Å². The van der Waals surface area contributed by atoms with Gasteiger partial charge in [0.25, 0.3) is 0 Å². The maximum Gasteiger partial charge on any atom is 0.241 e. The highest BCUT2D eigenvalue weighted by molar-refractivity contribution is 5.93. The number of Topliss-reactive ketones (excluding diaryl/α,β-unsaturated/α-hetero) is 1. The van der Waals surface area contributed by atoms with Gasteiger partial charge in [-0.1, -0.05) is 167 Å². The van der Waals surface area contributed by atoms with Crippen LogP contribution in [0.5, 0.6) is 0 Å². The molecule has 3 atom stereocenters. The molecule has 0 bridgehead atoms. The number of ketones is 1. The number of rotatable bonds is 39. The molecule has 9 nitrogen and oxygen atoms in total. The first kappa shape index (κ1) is 60.6. The molecule has 330 valence electrons. The molecular weight excluding hydrogens is 753 g/mol. The zero-order chi connectivity index (χ0) is 38.5. The van der Waals surface area contributed by atoms with E-state index in [1.165, 1.54) is 154 Å². The molecule has 0 rings (SSSR count). The summed E-state index contributed by atoms with van der Waals surface area (Å²) in [5, 5.41) is 0. The van der Waals surface area contributed by atoms with Crippen LogP contribution in [0.1, 0.15) is 206 Å². The standard InChI is InChI=1S/C43H87N7O2.3ClH/c1-3-5-7-9-11-13-15-17-19-20-22-24-26-28-30-32-36-50(35-31-29-27-25-23-21-18-16-14-12-10-8-6-4-2)42(52)41(46)40(45)39(51)37-38(44)33-34-49-43(47)48;;;/h17,19,38,40-41H,3-16,18,20-37,44-46H2,1-2H3,(H4,47,48,49);3*1H/b19-17-;;;/t38-,40?,41?;;;/m0.../s1. The molecule has 0 saturated carbocycles. The van der Waals surface area contributed by atoms with E-state index < -0.39 is 18.1 Å². The molecule has 10 N–H and O–H groups in total. The van der Waals surface area contributed by atoms with Gasteiger partial charge >= 0.3 is 0 Å². The summed E-state index contributed by atoms with van der Waals surface area (Å²) in [7, 11) is 0. The molecule has 0 spiro atoms. The van der Waals surface area contributed by atoms with Crippen LogP contribution in [0.4, 0.5) is 0 Å². The van der Waals surface area contributed by atoms with Gasteiger partial charge in [-0.2, -0.15) is 0 Å². The summed E-state index contributed by atoms with van der Waals surface area (Å²) in [6.07, 6.45) is 40.8. The highest BCUT2D eigenvalue weighted by Crippen LogP contribution is 2.15. The number of amides is 1. The number of hydrogen-bond acceptors (Lipinski definition) is 6. The predicted octanol–water partition coefficient (Wildman–Crippen LogP) is 10.2. The lowest BCUT2D eigenvalue weighted by Crippen LogP contribution is -2.57. The second-order valence-electron chi connectivity index (χ2n) is 15.4. The van der Waals surface area contributed by atoms with Gasteiger partial charge in [0.2, 0.25) is 5.91 Å². The highest BCUT2D eigenvalue weighted by atomic mass is 35.5. The van der Waals surface area contributed by atoms with E-state index in [1.807, 2.05) is 4.90 Å². The monoisotopic (exact) mass is 842 g/mol. The SMILES string of the molecule is CCCCCCCC/C=C\CCCCCCCCN(CCCCCCCCCCCCCCCC)C(=O)C(N)C(N)C(=O)C[C@@H](N)CCN=C(N)N.Cl.Cl.Cl. The van der Waals surface area contributed by atoms with Crippen molar-refractivity contribution in [2.24, 2.45) is 33.7 Å². The van der Waals surface area contributed by atoms with Crippen molar-refractivity contribution >= 4 is 54.9 Å². The molecule has 55 heavy (non-hydrogen) atoms. The van der Waals surface area contributed by atoms with Crippen LogP contribution in [0.2, 0.25) is 0 Å². The van der Waals surface area contributed by atoms with Gasteiger partial charge in [-0.3, -0.25) is 14.6 Å². The Balaban J connectivity index is -0.00000433. The number of unbranched alkanes of at least 4 members (excludes halogenated alkanes) is 25. The maximum atomic E-state index is 13.6. The minimum atomic E-state index is -1.08. The Morgan fingerprint density at radius 2 is 0.873 bits per heavy atom. The summed E-state index contributed by atoms with van der Waals surface area (Å²) in [5.74, 6) is -0.535. The number of allylic oxidation sites excluding steroid dienone is 2. The van der Waals surface area contributed by atoms with Gasteiger partial charge in [0.15, 0.2) is 11.7 Å². The lowest BCUT2D eigenvalue weighted by Gasteiger charge is -2.28. The van der Waals surface area contributed by atoms with Gasteiger partial charge in [0.05, 0.1) is 6.04 Å². The first-order valence-electron chi connectivity index (χ1n) is 22.0. The lowest BCUT2D eigenvalue weighted by atomic mass is 9.97. The van der Waals surface area contributed by atoms with Crippen LogP contribution >= 0.6 is 37.2 Å². The van der Waals surface area contributed by atoms with Crippen LogP contribution in [0.25, 0.3) is 0 Å². The molecular formula is C43H90Cl3N7O2. The molecule has 0 saturated heterocycles. The summed E-state index contributed by atoms with van der Waals surface area (Å²) in [4.78, 5) is 32.2. The van der Waals surface area contributed by atoms with Crippen molar-refractivity contribution in [2.45, 2.75) is 225 Å². The number of nitrogens with zero attached hydrogens (tertiary/aromatic N) is 2. The summed E-state index contributed by atoms with van der Waals surface area (Å²) < 4.78 is 0. The van der Waals surface area contributed by atoms with Gasteiger partial charge in [-0.25, -0.2) is 0 Å². The van der Waals surface area contributed by atoms with Gasteiger partial charge < -0.3 is 33.6 Å². The largest absolute Gasteiger partial charge is 0.370 e. The number of carbonyl (C=O) groups excluding carboxylic acids is 2. The maximum absolute atomic E-state index is 13.6. The second kappa shape index (κ2) is 45.6. The van der Waals surface area contributed by atoms with Gasteiger partial charge in [-0.05, 0) is 44.9 Å². The molecule has 0 heterocycles. The van der Waals surface area contributed by atoms with Crippen LogP contribution < -0.4 is 28.7 Å². The highest BCUT2D eigenvalue weighted by Gasteiger charge is 2.31. The Bertz CT molecular complexity index is 894. The normalized spacial score (nSPS) is 12.6. The molecule has 1 amide bonds. The van der Waals surface area contributed by atoms with Crippen LogP contribution in [-0.2, 0) is 9.59 Å². The summed E-state index contributed by atoms with van der Waals surface area (Å²) in [6, 6.07) is -2.60. The minimum Gasteiger partial charge on any atom is -0.370 e. The molecule has 0 aromatic rings. The zero-order valence-electron chi connectivity index (χ0n) is 35.5. The molecule has 0 aromatic carbocycles. The number of hydrogen-bond donors (Lipinski definition) is 5. The molecule has 0 aromatic heterocycles. The third-order valence-corrected chi connectivity index (χ3v) is 10.3. The quantitative estimate of drug-likeness (QED) is 0.0177. The fraction of sp³-hybridized carbons (Fsp3) is 0.884.